The van der Waals surface area contributed by atoms with Gasteiger partial charge in [-0.2, -0.15) is 5.26 Å². The van der Waals surface area contributed by atoms with E-state index in [0.717, 1.165) is 17.5 Å². The van der Waals surface area contributed by atoms with Gasteiger partial charge in [0, 0.05) is 19.1 Å². The van der Waals surface area contributed by atoms with Crippen molar-refractivity contribution in [3.05, 3.63) is 74.8 Å². The summed E-state index contributed by atoms with van der Waals surface area (Å²) < 4.78 is 6.06. The number of nitriles is 1. The highest BCUT2D eigenvalue weighted by Gasteiger charge is 2.18. The minimum absolute atomic E-state index is 0.0331. The van der Waals surface area contributed by atoms with Crippen molar-refractivity contribution in [2.75, 3.05) is 0 Å². The largest absolute Gasteiger partial charge is 0.278 e. The zero-order chi connectivity index (χ0) is 24.4. The molecule has 0 aliphatic carbocycles. The van der Waals surface area contributed by atoms with E-state index in [1.165, 1.54) is 0 Å². The summed E-state index contributed by atoms with van der Waals surface area (Å²) in [6.45, 7) is 10.4. The van der Waals surface area contributed by atoms with Gasteiger partial charge in [-0.1, -0.05) is 38.1 Å². The highest BCUT2D eigenvalue weighted by Crippen LogP contribution is 2.17. The van der Waals surface area contributed by atoms with Crippen molar-refractivity contribution >= 4 is 28.9 Å². The summed E-state index contributed by atoms with van der Waals surface area (Å²) >= 11 is 5.88. The lowest BCUT2D eigenvalue weighted by Crippen LogP contribution is -2.33. The fraction of sp³-hybridized carbons (Fsp3) is 0.385. The van der Waals surface area contributed by atoms with E-state index in [4.69, 9.17) is 22.6 Å². The van der Waals surface area contributed by atoms with Gasteiger partial charge in [-0.15, -0.1) is 5.10 Å². The number of hydrogen-bond donors (Lipinski definition) is 0. The Bertz CT molecular complexity index is 1470. The summed E-state index contributed by atoms with van der Waals surface area (Å²) in [5, 5.41) is 14.6. The van der Waals surface area contributed by atoms with E-state index in [1.54, 1.807) is 4.57 Å². The van der Waals surface area contributed by atoms with Crippen LogP contribution in [0.3, 0.4) is 0 Å². The van der Waals surface area contributed by atoms with E-state index in [9.17, 15) is 4.79 Å². The third-order valence-electron chi connectivity index (χ3n) is 6.13. The average Bonchev–Trinajstić information content (AvgIpc) is 3.14. The molecule has 0 radical (unpaired) electrons. The van der Waals surface area contributed by atoms with Crippen LogP contribution < -0.4 is 5.56 Å². The van der Waals surface area contributed by atoms with Crippen LogP contribution in [0, 0.1) is 22.0 Å². The molecule has 8 heteroatoms. The second kappa shape index (κ2) is 9.92. The van der Waals surface area contributed by atoms with Crippen LogP contribution in [0.25, 0.3) is 16.7 Å². The van der Waals surface area contributed by atoms with Gasteiger partial charge in [-0.05, 0) is 68.2 Å². The first-order valence-corrected chi connectivity index (χ1v) is 12.0. The molecule has 0 aliphatic heterocycles. The Kier molecular flexibility index (Phi) is 6.96. The minimum atomic E-state index is -0.0331. The fourth-order valence-electron chi connectivity index (χ4n) is 4.04. The summed E-state index contributed by atoms with van der Waals surface area (Å²) in [7, 11) is 0. The number of para-hydroxylation sites is 1. The lowest BCUT2D eigenvalue weighted by atomic mass is 10.1. The second-order valence-corrected chi connectivity index (χ2v) is 9.73. The third kappa shape index (κ3) is 4.67. The summed E-state index contributed by atoms with van der Waals surface area (Å²) in [5.74, 6) is 1.05. The standard InChI is InChI=1S/C26H30N6OS/c1-18(2)13-14-30-24(33)22-7-5-6-8-23(22)32-25(30)28-31(26(32)34)17-29(19(3)4)16-21-11-9-20(15-27)10-12-21/h5-12,18-19H,13-14,16-17H2,1-4H3. The molecule has 0 saturated heterocycles. The lowest BCUT2D eigenvalue weighted by Gasteiger charge is -2.26. The molecule has 2 aromatic carbocycles. The molecule has 176 valence electrons. The van der Waals surface area contributed by atoms with Gasteiger partial charge >= 0.3 is 0 Å². The molecule has 0 N–H and O–H groups in total. The first-order chi connectivity index (χ1) is 16.3. The van der Waals surface area contributed by atoms with Crippen LogP contribution in [0.15, 0.2) is 53.3 Å². The zero-order valence-electron chi connectivity index (χ0n) is 20.1. The van der Waals surface area contributed by atoms with Crippen LogP contribution in [0.1, 0.15) is 45.2 Å². The SMILES string of the molecule is CC(C)CCn1c(=O)c2ccccc2n2c(=S)n(CN(Cc3ccc(C#N)cc3)C(C)C)nc12. The van der Waals surface area contributed by atoms with Gasteiger partial charge in [0.05, 0.1) is 29.2 Å². The highest BCUT2D eigenvalue weighted by atomic mass is 32.1. The van der Waals surface area contributed by atoms with Crippen LogP contribution in [0.2, 0.25) is 0 Å². The minimum Gasteiger partial charge on any atom is -0.278 e. The average molecular weight is 475 g/mol. The molecule has 34 heavy (non-hydrogen) atoms. The van der Waals surface area contributed by atoms with Gasteiger partial charge in [-0.25, -0.2) is 4.68 Å². The molecule has 0 fully saturated rings. The quantitative estimate of drug-likeness (QED) is 0.337. The van der Waals surface area contributed by atoms with E-state index in [0.29, 0.717) is 47.2 Å². The topological polar surface area (TPSA) is 71.3 Å². The van der Waals surface area contributed by atoms with Crippen LogP contribution in [-0.4, -0.2) is 29.7 Å². The number of aryl methyl sites for hydroxylation is 1. The number of nitrogens with zero attached hydrogens (tertiary/aromatic N) is 6. The Morgan fingerprint density at radius 1 is 1.09 bits per heavy atom. The maximum absolute atomic E-state index is 13.3. The lowest BCUT2D eigenvalue weighted by molar-refractivity contribution is 0.153. The van der Waals surface area contributed by atoms with Crippen LogP contribution in [0.5, 0.6) is 0 Å². The zero-order valence-corrected chi connectivity index (χ0v) is 20.9. The van der Waals surface area contributed by atoms with Crippen LogP contribution in [0.4, 0.5) is 0 Å². The Labute approximate surface area is 204 Å². The first kappa shape index (κ1) is 23.9. The highest BCUT2D eigenvalue weighted by molar-refractivity contribution is 7.71. The van der Waals surface area contributed by atoms with Gasteiger partial charge in [0.2, 0.25) is 10.5 Å². The number of aromatic nitrogens is 4. The fourth-order valence-corrected chi connectivity index (χ4v) is 4.31. The molecule has 7 nitrogen and oxygen atoms in total. The normalized spacial score (nSPS) is 11.8. The molecular formula is C26H30N6OS. The van der Waals surface area contributed by atoms with E-state index in [2.05, 4.69) is 38.7 Å². The smallest absolute Gasteiger partial charge is 0.262 e. The summed E-state index contributed by atoms with van der Waals surface area (Å²) in [6.07, 6.45) is 0.879. The summed E-state index contributed by atoms with van der Waals surface area (Å²) in [5.41, 5.74) is 2.51. The van der Waals surface area contributed by atoms with E-state index in [-0.39, 0.29) is 11.6 Å². The molecule has 0 saturated carbocycles. The van der Waals surface area contributed by atoms with Crippen molar-refractivity contribution in [2.45, 2.75) is 59.9 Å². The first-order valence-electron chi connectivity index (χ1n) is 11.6. The number of benzene rings is 2. The molecule has 2 aromatic heterocycles. The Balaban J connectivity index is 1.79. The molecule has 2 heterocycles. The van der Waals surface area contributed by atoms with E-state index >= 15 is 0 Å². The van der Waals surface area contributed by atoms with Crippen molar-refractivity contribution in [1.82, 2.24) is 23.6 Å². The molecule has 0 atom stereocenters. The van der Waals surface area contributed by atoms with Crippen molar-refractivity contribution in [1.29, 1.82) is 5.26 Å². The van der Waals surface area contributed by atoms with Gasteiger partial charge in [0.25, 0.3) is 5.56 Å². The van der Waals surface area contributed by atoms with Crippen molar-refractivity contribution in [2.24, 2.45) is 5.92 Å². The Morgan fingerprint density at radius 3 is 2.44 bits per heavy atom. The predicted octanol–water partition coefficient (Wildman–Crippen LogP) is 4.97. The number of rotatable bonds is 8. The van der Waals surface area contributed by atoms with Gasteiger partial charge < -0.3 is 0 Å². The molecule has 4 rings (SSSR count). The predicted molar refractivity (Wildman–Crippen MR) is 137 cm³/mol. The van der Waals surface area contributed by atoms with E-state index in [1.807, 2.05) is 57.6 Å². The van der Waals surface area contributed by atoms with Crippen LogP contribution >= 0.6 is 12.2 Å². The van der Waals surface area contributed by atoms with Gasteiger partial charge in [-0.3, -0.25) is 18.7 Å². The monoisotopic (exact) mass is 474 g/mol. The maximum atomic E-state index is 13.3. The Hall–Kier alpha value is -3.28. The third-order valence-corrected chi connectivity index (χ3v) is 6.52. The Morgan fingerprint density at radius 2 is 1.79 bits per heavy atom. The van der Waals surface area contributed by atoms with Crippen molar-refractivity contribution < 1.29 is 0 Å². The van der Waals surface area contributed by atoms with Crippen molar-refractivity contribution in [3.8, 4) is 6.07 Å². The van der Waals surface area contributed by atoms with Crippen molar-refractivity contribution in [3.63, 3.8) is 0 Å². The number of fused-ring (bicyclic) bond motifs is 3. The van der Waals surface area contributed by atoms with Crippen LogP contribution in [-0.2, 0) is 19.8 Å². The molecule has 0 amide bonds. The summed E-state index contributed by atoms with van der Waals surface area (Å²) in [6, 6.07) is 17.6. The molecule has 0 spiro atoms. The van der Waals surface area contributed by atoms with Gasteiger partial charge in [0.1, 0.15) is 0 Å². The maximum Gasteiger partial charge on any atom is 0.262 e. The molecule has 0 aliphatic rings. The molecule has 4 aromatic rings. The van der Waals surface area contributed by atoms with Gasteiger partial charge in [0.15, 0.2) is 0 Å². The molecule has 0 unspecified atom stereocenters. The molecular weight excluding hydrogens is 444 g/mol. The number of hydrogen-bond acceptors (Lipinski definition) is 5. The second-order valence-electron chi connectivity index (χ2n) is 9.36. The molecule has 0 bridgehead atoms. The summed E-state index contributed by atoms with van der Waals surface area (Å²) in [4.78, 5) is 15.6. The van der Waals surface area contributed by atoms with E-state index < -0.39 is 0 Å².